The molecule has 0 radical (unpaired) electrons. The molecule has 0 aliphatic carbocycles. The number of primary amides is 1. The van der Waals surface area contributed by atoms with Gasteiger partial charge in [-0.1, -0.05) is 0 Å². The fourth-order valence-corrected chi connectivity index (χ4v) is 5.27. The molecule has 0 aromatic carbocycles. The van der Waals surface area contributed by atoms with Crippen molar-refractivity contribution >= 4 is 21.8 Å². The largest absolute Gasteiger partial charge is 0.368 e. The van der Waals surface area contributed by atoms with Gasteiger partial charge in [-0.15, -0.1) is 0 Å². The molecule has 0 saturated carbocycles. The summed E-state index contributed by atoms with van der Waals surface area (Å²) >= 11 is 0. The monoisotopic (exact) mass is 399 g/mol. The number of amides is 2. The van der Waals surface area contributed by atoms with E-state index in [0.717, 1.165) is 0 Å². The van der Waals surface area contributed by atoms with E-state index in [1.54, 1.807) is 7.05 Å². The Hall–Kier alpha value is -1.98. The van der Waals surface area contributed by atoms with Gasteiger partial charge in [0, 0.05) is 40.0 Å². The van der Waals surface area contributed by atoms with Crippen LogP contribution in [0.3, 0.4) is 0 Å². The zero-order valence-electron chi connectivity index (χ0n) is 15.5. The average Bonchev–Trinajstić information content (AvgIpc) is 3.30. The van der Waals surface area contributed by atoms with Crippen LogP contribution in [-0.4, -0.2) is 77.6 Å². The van der Waals surface area contributed by atoms with Crippen molar-refractivity contribution in [2.75, 3.05) is 26.7 Å². The number of nitrogens with two attached hydrogens (primary N) is 1. The van der Waals surface area contributed by atoms with Crippen LogP contribution < -0.4 is 5.73 Å². The lowest BCUT2D eigenvalue weighted by Crippen LogP contribution is -2.58. The second-order valence-electron chi connectivity index (χ2n) is 7.01. The molecule has 2 saturated heterocycles. The van der Waals surface area contributed by atoms with E-state index in [0.29, 0.717) is 19.4 Å². The van der Waals surface area contributed by atoms with Gasteiger partial charge in [0.25, 0.3) is 5.91 Å². The number of methoxy groups -OCH3 is 1. The van der Waals surface area contributed by atoms with Gasteiger partial charge >= 0.3 is 0 Å². The third-order valence-corrected chi connectivity index (χ3v) is 7.32. The lowest BCUT2D eigenvalue weighted by Gasteiger charge is -2.41. The van der Waals surface area contributed by atoms with Crippen LogP contribution in [0.25, 0.3) is 0 Å². The van der Waals surface area contributed by atoms with Crippen molar-refractivity contribution in [3.05, 3.63) is 12.4 Å². The molecule has 2 aliphatic heterocycles. The number of hydrogen-bond acceptors (Lipinski definition) is 6. The molecule has 0 spiro atoms. The van der Waals surface area contributed by atoms with Crippen LogP contribution >= 0.6 is 0 Å². The summed E-state index contributed by atoms with van der Waals surface area (Å²) in [5.74, 6) is -0.812. The van der Waals surface area contributed by atoms with Crippen LogP contribution in [-0.2, 0) is 31.4 Å². The molecule has 11 heteroatoms. The molecule has 0 unspecified atom stereocenters. The van der Waals surface area contributed by atoms with Crippen LogP contribution in [0.1, 0.15) is 25.7 Å². The Balaban J connectivity index is 1.75. The summed E-state index contributed by atoms with van der Waals surface area (Å²) in [6.07, 6.45) is 4.43. The molecule has 10 nitrogen and oxygen atoms in total. The van der Waals surface area contributed by atoms with Gasteiger partial charge in [0.2, 0.25) is 15.9 Å². The number of likely N-dealkylation sites (tertiary alicyclic amines) is 1. The molecule has 150 valence electrons. The lowest BCUT2D eigenvalue weighted by atomic mass is 9.90. The molecule has 2 fully saturated rings. The van der Waals surface area contributed by atoms with E-state index in [-0.39, 0.29) is 36.7 Å². The normalized spacial score (nSPS) is 23.5. The Kier molecular flexibility index (Phi) is 5.28. The van der Waals surface area contributed by atoms with Crippen LogP contribution in [0.5, 0.6) is 0 Å². The SMILES string of the molecule is COC1(C(=O)N2CCC[C@H]2C(N)=O)CCN(S(=O)(=O)c2cnn(C)c2)CC1. The summed E-state index contributed by atoms with van der Waals surface area (Å²) in [5, 5.41) is 3.91. The molecule has 3 rings (SSSR count). The smallest absolute Gasteiger partial charge is 0.255 e. The van der Waals surface area contributed by atoms with Crippen molar-refractivity contribution in [1.29, 1.82) is 0 Å². The fraction of sp³-hybridized carbons (Fsp3) is 0.688. The fourth-order valence-electron chi connectivity index (χ4n) is 3.84. The van der Waals surface area contributed by atoms with E-state index >= 15 is 0 Å². The highest BCUT2D eigenvalue weighted by Gasteiger charge is 2.49. The number of carbonyl (C=O) groups is 2. The van der Waals surface area contributed by atoms with Gasteiger partial charge < -0.3 is 15.4 Å². The van der Waals surface area contributed by atoms with Crippen LogP contribution in [0.4, 0.5) is 0 Å². The highest BCUT2D eigenvalue weighted by molar-refractivity contribution is 7.89. The van der Waals surface area contributed by atoms with Gasteiger partial charge in [-0.3, -0.25) is 14.3 Å². The van der Waals surface area contributed by atoms with Crippen LogP contribution in [0.15, 0.2) is 17.3 Å². The van der Waals surface area contributed by atoms with Gasteiger partial charge in [-0.25, -0.2) is 8.42 Å². The zero-order valence-corrected chi connectivity index (χ0v) is 16.3. The van der Waals surface area contributed by atoms with Gasteiger partial charge in [0.05, 0.1) is 6.20 Å². The predicted octanol–water partition coefficient (Wildman–Crippen LogP) is -0.934. The summed E-state index contributed by atoms with van der Waals surface area (Å²) in [6, 6.07) is -0.623. The maximum absolute atomic E-state index is 13.1. The minimum Gasteiger partial charge on any atom is -0.368 e. The molecule has 2 N–H and O–H groups in total. The molecule has 3 heterocycles. The molecule has 0 bridgehead atoms. The number of rotatable bonds is 5. The van der Waals surface area contributed by atoms with E-state index in [1.165, 1.54) is 33.4 Å². The van der Waals surface area contributed by atoms with Crippen molar-refractivity contribution in [3.8, 4) is 0 Å². The zero-order chi connectivity index (χ0) is 19.8. The summed E-state index contributed by atoms with van der Waals surface area (Å²) in [5.41, 5.74) is 4.28. The van der Waals surface area contributed by atoms with Crippen molar-refractivity contribution < 1.29 is 22.7 Å². The van der Waals surface area contributed by atoms with Crippen LogP contribution in [0.2, 0.25) is 0 Å². The maximum Gasteiger partial charge on any atom is 0.255 e. The molecule has 1 aromatic heterocycles. The Morgan fingerprint density at radius 1 is 1.30 bits per heavy atom. The van der Waals surface area contributed by atoms with E-state index in [9.17, 15) is 18.0 Å². The number of hydrogen-bond donors (Lipinski definition) is 1. The number of carbonyl (C=O) groups excluding carboxylic acids is 2. The summed E-state index contributed by atoms with van der Waals surface area (Å²) in [7, 11) is -0.582. The van der Waals surface area contributed by atoms with E-state index < -0.39 is 27.6 Å². The second kappa shape index (κ2) is 7.21. The third-order valence-electron chi connectivity index (χ3n) is 5.47. The first-order chi connectivity index (χ1) is 12.7. The number of piperidine rings is 1. The van der Waals surface area contributed by atoms with Gasteiger partial charge in [-0.05, 0) is 25.7 Å². The Labute approximate surface area is 158 Å². The van der Waals surface area contributed by atoms with Crippen molar-refractivity contribution in [2.45, 2.75) is 42.2 Å². The number of ether oxygens (including phenoxy) is 1. The Bertz CT molecular complexity index is 828. The molecule has 27 heavy (non-hydrogen) atoms. The second-order valence-corrected chi connectivity index (χ2v) is 8.95. The summed E-state index contributed by atoms with van der Waals surface area (Å²) in [4.78, 5) is 26.3. The highest BCUT2D eigenvalue weighted by Crippen LogP contribution is 2.33. The standard InChI is InChI=1S/C16H25N5O5S/c1-19-11-12(10-18-19)27(24,25)20-8-5-16(26-2,6-9-20)15(23)21-7-3-4-13(21)14(17)22/h10-11,13H,3-9H2,1-2H3,(H2,17,22)/t13-/m0/s1. The van der Waals surface area contributed by atoms with E-state index in [4.69, 9.17) is 10.5 Å². The Morgan fingerprint density at radius 2 is 1.96 bits per heavy atom. The highest BCUT2D eigenvalue weighted by atomic mass is 32.2. The average molecular weight is 399 g/mol. The minimum absolute atomic E-state index is 0.120. The quantitative estimate of drug-likeness (QED) is 0.681. The first-order valence-electron chi connectivity index (χ1n) is 8.85. The summed E-state index contributed by atoms with van der Waals surface area (Å²) < 4.78 is 33.8. The van der Waals surface area contributed by atoms with Gasteiger partial charge in [0.1, 0.15) is 16.5 Å². The van der Waals surface area contributed by atoms with Crippen molar-refractivity contribution in [2.24, 2.45) is 12.8 Å². The predicted molar refractivity (Wildman–Crippen MR) is 94.9 cm³/mol. The molecular weight excluding hydrogens is 374 g/mol. The van der Waals surface area contributed by atoms with E-state index in [1.807, 2.05) is 0 Å². The molecule has 1 aromatic rings. The number of aryl methyl sites for hydroxylation is 1. The Morgan fingerprint density at radius 3 is 2.48 bits per heavy atom. The van der Waals surface area contributed by atoms with Crippen molar-refractivity contribution in [3.63, 3.8) is 0 Å². The van der Waals surface area contributed by atoms with Crippen LogP contribution in [0, 0.1) is 0 Å². The molecule has 2 amide bonds. The summed E-state index contributed by atoms with van der Waals surface area (Å²) in [6.45, 7) is 0.743. The third kappa shape index (κ3) is 3.46. The van der Waals surface area contributed by atoms with Gasteiger partial charge in [-0.2, -0.15) is 9.40 Å². The van der Waals surface area contributed by atoms with E-state index in [2.05, 4.69) is 5.10 Å². The number of sulfonamides is 1. The maximum atomic E-state index is 13.1. The minimum atomic E-state index is -3.67. The number of aromatic nitrogens is 2. The molecular formula is C16H25N5O5S. The van der Waals surface area contributed by atoms with Crippen molar-refractivity contribution in [1.82, 2.24) is 19.0 Å². The molecule has 2 aliphatic rings. The lowest BCUT2D eigenvalue weighted by molar-refractivity contribution is -0.162. The number of nitrogens with zero attached hydrogens (tertiary/aromatic N) is 4. The van der Waals surface area contributed by atoms with Gasteiger partial charge in [0.15, 0.2) is 0 Å². The first-order valence-corrected chi connectivity index (χ1v) is 10.3. The first kappa shape index (κ1) is 19.8. The topological polar surface area (TPSA) is 128 Å². The molecule has 1 atom stereocenters.